The Morgan fingerprint density at radius 3 is 2.70 bits per heavy atom. The van der Waals surface area contributed by atoms with Crippen molar-refractivity contribution < 1.29 is 14.7 Å². The van der Waals surface area contributed by atoms with Crippen LogP contribution in [0, 0.1) is 28.6 Å². The SMILES string of the molecule is CC1=CC(=O)C[C@H]2[C@](C)(CC[C@H](C)CC(=O)O)[C@@H](C)CC[C@]12C. The maximum absolute atomic E-state index is 12.2. The van der Waals surface area contributed by atoms with Gasteiger partial charge in [-0.3, -0.25) is 9.59 Å². The van der Waals surface area contributed by atoms with Crippen LogP contribution in [0.15, 0.2) is 11.6 Å². The van der Waals surface area contributed by atoms with Crippen molar-refractivity contribution in [1.29, 1.82) is 0 Å². The van der Waals surface area contributed by atoms with Crippen LogP contribution in [0.2, 0.25) is 0 Å². The van der Waals surface area contributed by atoms with Crippen molar-refractivity contribution >= 4 is 11.8 Å². The number of allylic oxidation sites excluding steroid dienone is 2. The first kappa shape index (κ1) is 18.2. The molecule has 1 N–H and O–H groups in total. The van der Waals surface area contributed by atoms with E-state index in [2.05, 4.69) is 27.7 Å². The molecule has 0 radical (unpaired) electrons. The Morgan fingerprint density at radius 1 is 1.43 bits per heavy atom. The summed E-state index contributed by atoms with van der Waals surface area (Å²) in [5.74, 6) is 0.713. The van der Waals surface area contributed by atoms with Gasteiger partial charge in [-0.15, -0.1) is 0 Å². The summed E-state index contributed by atoms with van der Waals surface area (Å²) in [5, 5.41) is 8.98. The van der Waals surface area contributed by atoms with Crippen LogP contribution >= 0.6 is 0 Å². The van der Waals surface area contributed by atoms with E-state index >= 15 is 0 Å². The van der Waals surface area contributed by atoms with Crippen LogP contribution in [0.4, 0.5) is 0 Å². The first-order valence-corrected chi connectivity index (χ1v) is 9.03. The lowest BCUT2D eigenvalue weighted by Gasteiger charge is -2.57. The molecule has 3 heteroatoms. The second-order valence-electron chi connectivity index (χ2n) is 8.66. The van der Waals surface area contributed by atoms with Crippen LogP contribution in [-0.4, -0.2) is 16.9 Å². The third kappa shape index (κ3) is 3.39. The highest BCUT2D eigenvalue weighted by molar-refractivity contribution is 5.92. The van der Waals surface area contributed by atoms with Crippen LogP contribution in [0.25, 0.3) is 0 Å². The molecule has 0 saturated heterocycles. The lowest BCUT2D eigenvalue weighted by molar-refractivity contribution is -0.138. The second kappa shape index (κ2) is 6.41. The summed E-state index contributed by atoms with van der Waals surface area (Å²) in [4.78, 5) is 23.1. The molecule has 0 aromatic rings. The molecular weight excluding hydrogens is 288 g/mol. The van der Waals surface area contributed by atoms with Gasteiger partial charge in [0.1, 0.15) is 0 Å². The van der Waals surface area contributed by atoms with Crippen molar-refractivity contribution in [2.75, 3.05) is 0 Å². The molecule has 130 valence electrons. The summed E-state index contributed by atoms with van der Waals surface area (Å²) in [7, 11) is 0. The molecule has 0 unspecified atom stereocenters. The van der Waals surface area contributed by atoms with Gasteiger partial charge >= 0.3 is 5.97 Å². The van der Waals surface area contributed by atoms with Crippen LogP contribution in [0.1, 0.15) is 73.1 Å². The molecule has 5 atom stereocenters. The van der Waals surface area contributed by atoms with E-state index < -0.39 is 5.97 Å². The van der Waals surface area contributed by atoms with Crippen LogP contribution in [-0.2, 0) is 9.59 Å². The molecule has 3 nitrogen and oxygen atoms in total. The van der Waals surface area contributed by atoms with Gasteiger partial charge in [0.25, 0.3) is 0 Å². The molecule has 0 heterocycles. The highest BCUT2D eigenvalue weighted by atomic mass is 16.4. The number of rotatable bonds is 5. The number of fused-ring (bicyclic) bond motifs is 1. The lowest BCUT2D eigenvalue weighted by atomic mass is 9.46. The summed E-state index contributed by atoms with van der Waals surface area (Å²) in [6.07, 6.45) is 7.05. The lowest BCUT2D eigenvalue weighted by Crippen LogP contribution is -2.51. The predicted octanol–water partition coefficient (Wildman–Crippen LogP) is 4.86. The number of aliphatic carboxylic acids is 1. The van der Waals surface area contributed by atoms with Crippen LogP contribution in [0.3, 0.4) is 0 Å². The number of carboxylic acid groups (broad SMARTS) is 1. The van der Waals surface area contributed by atoms with Gasteiger partial charge in [-0.2, -0.15) is 0 Å². The first-order valence-electron chi connectivity index (χ1n) is 9.03. The summed E-state index contributed by atoms with van der Waals surface area (Å²) in [5.41, 5.74) is 1.49. The van der Waals surface area contributed by atoms with Crippen LogP contribution in [0.5, 0.6) is 0 Å². The van der Waals surface area contributed by atoms with Gasteiger partial charge in [-0.05, 0) is 67.3 Å². The topological polar surface area (TPSA) is 54.4 Å². The molecule has 23 heavy (non-hydrogen) atoms. The Bertz CT molecular complexity index is 521. The minimum atomic E-state index is -0.712. The first-order chi connectivity index (χ1) is 10.6. The van der Waals surface area contributed by atoms with Gasteiger partial charge < -0.3 is 5.11 Å². The minimum Gasteiger partial charge on any atom is -0.481 e. The Morgan fingerprint density at radius 2 is 2.09 bits per heavy atom. The van der Waals surface area contributed by atoms with E-state index in [0.717, 1.165) is 19.3 Å². The van der Waals surface area contributed by atoms with Crippen LogP contribution < -0.4 is 0 Å². The number of hydrogen-bond acceptors (Lipinski definition) is 2. The van der Waals surface area contributed by atoms with E-state index in [4.69, 9.17) is 5.11 Å². The molecule has 0 bridgehead atoms. The monoisotopic (exact) mass is 320 g/mol. The zero-order chi connectivity index (χ0) is 17.4. The molecule has 0 aromatic carbocycles. The highest BCUT2D eigenvalue weighted by Gasteiger charge is 2.54. The predicted molar refractivity (Wildman–Crippen MR) is 92.1 cm³/mol. The number of hydrogen-bond donors (Lipinski definition) is 1. The molecular formula is C20H32O3. The fraction of sp³-hybridized carbons (Fsp3) is 0.800. The number of ketones is 1. The zero-order valence-corrected chi connectivity index (χ0v) is 15.3. The average Bonchev–Trinajstić information content (AvgIpc) is 2.44. The van der Waals surface area contributed by atoms with Gasteiger partial charge in [-0.1, -0.05) is 33.3 Å². The summed E-state index contributed by atoms with van der Waals surface area (Å²) in [6, 6.07) is 0. The quantitative estimate of drug-likeness (QED) is 0.787. The molecule has 0 amide bonds. The standard InChI is InChI=1S/C20H32O3/c1-13(10-18(22)23)6-8-19(4)14(2)7-9-20(5)15(3)11-16(21)12-17(19)20/h11,13-14,17H,6-10,12H2,1-5H3,(H,22,23)/t13-,14-,17-,19+,20+/m0/s1. The average molecular weight is 320 g/mol. The summed E-state index contributed by atoms with van der Waals surface area (Å²) in [6.45, 7) is 11.1. The van der Waals surface area contributed by atoms with Crippen molar-refractivity contribution in [2.45, 2.75) is 73.1 Å². The van der Waals surface area contributed by atoms with E-state index in [1.165, 1.54) is 12.0 Å². The molecule has 0 spiro atoms. The Kier molecular flexibility index (Phi) is 5.08. The fourth-order valence-electron chi connectivity index (χ4n) is 5.07. The second-order valence-corrected chi connectivity index (χ2v) is 8.66. The third-order valence-corrected chi connectivity index (χ3v) is 7.17. The summed E-state index contributed by atoms with van der Waals surface area (Å²) < 4.78 is 0. The zero-order valence-electron chi connectivity index (χ0n) is 15.3. The van der Waals surface area contributed by atoms with E-state index in [-0.39, 0.29) is 29.0 Å². The van der Waals surface area contributed by atoms with E-state index in [1.54, 1.807) is 0 Å². The maximum atomic E-state index is 12.2. The van der Waals surface area contributed by atoms with Gasteiger partial charge in [-0.25, -0.2) is 0 Å². The number of carbonyl (C=O) groups excluding carboxylic acids is 1. The highest BCUT2D eigenvalue weighted by Crippen LogP contribution is 2.61. The van der Waals surface area contributed by atoms with Crippen molar-refractivity contribution in [3.63, 3.8) is 0 Å². The maximum Gasteiger partial charge on any atom is 0.303 e. The van der Waals surface area contributed by atoms with Gasteiger partial charge in [0, 0.05) is 12.8 Å². The van der Waals surface area contributed by atoms with Gasteiger partial charge in [0.05, 0.1) is 0 Å². The van der Waals surface area contributed by atoms with E-state index in [9.17, 15) is 9.59 Å². The molecule has 2 rings (SSSR count). The molecule has 1 fully saturated rings. The Labute approximate surface area is 140 Å². The van der Waals surface area contributed by atoms with Gasteiger partial charge in [0.2, 0.25) is 0 Å². The third-order valence-electron chi connectivity index (χ3n) is 7.17. The summed E-state index contributed by atoms with van der Waals surface area (Å²) >= 11 is 0. The fourth-order valence-corrected chi connectivity index (χ4v) is 5.07. The Hall–Kier alpha value is -1.12. The molecule has 2 aliphatic rings. The molecule has 0 aromatic heterocycles. The van der Waals surface area contributed by atoms with Crippen molar-refractivity contribution in [3.8, 4) is 0 Å². The Balaban J connectivity index is 2.22. The van der Waals surface area contributed by atoms with Crippen molar-refractivity contribution in [1.82, 2.24) is 0 Å². The van der Waals surface area contributed by atoms with E-state index in [1.807, 2.05) is 13.0 Å². The minimum absolute atomic E-state index is 0.116. The smallest absolute Gasteiger partial charge is 0.303 e. The number of carbonyl (C=O) groups is 2. The molecule has 1 saturated carbocycles. The molecule has 2 aliphatic carbocycles. The van der Waals surface area contributed by atoms with Crippen molar-refractivity contribution in [3.05, 3.63) is 11.6 Å². The van der Waals surface area contributed by atoms with E-state index in [0.29, 0.717) is 18.3 Å². The molecule has 0 aliphatic heterocycles. The largest absolute Gasteiger partial charge is 0.481 e. The van der Waals surface area contributed by atoms with Gasteiger partial charge in [0.15, 0.2) is 5.78 Å². The van der Waals surface area contributed by atoms with Crippen molar-refractivity contribution in [2.24, 2.45) is 28.6 Å². The number of carboxylic acids is 1. The normalized spacial score (nSPS) is 38.7.